The molecule has 0 aliphatic heterocycles. The van der Waals surface area contributed by atoms with Gasteiger partial charge in [-0.15, -0.1) is 0 Å². The van der Waals surface area contributed by atoms with Gasteiger partial charge in [0.05, 0.1) is 17.9 Å². The number of amides is 1. The molecule has 0 aromatic carbocycles. The van der Waals surface area contributed by atoms with Crippen molar-refractivity contribution < 1.29 is 24.6 Å². The van der Waals surface area contributed by atoms with Crippen LogP contribution in [0.4, 0.5) is 0 Å². The van der Waals surface area contributed by atoms with Gasteiger partial charge in [0.25, 0.3) is 0 Å². The van der Waals surface area contributed by atoms with E-state index in [9.17, 15) is 19.5 Å². The van der Waals surface area contributed by atoms with Gasteiger partial charge >= 0.3 is 11.9 Å². The molecule has 0 bridgehead atoms. The molecule has 0 aromatic rings. The molecular formula is C13H23N3O5. The minimum absolute atomic E-state index is 0.164. The largest absolute Gasteiger partial charge is 0.481 e. The zero-order chi connectivity index (χ0) is 16.9. The first-order chi connectivity index (χ1) is 9.50. The highest BCUT2D eigenvalue weighted by Gasteiger charge is 2.39. The lowest BCUT2D eigenvalue weighted by molar-refractivity contribution is -0.147. The van der Waals surface area contributed by atoms with Gasteiger partial charge in [-0.3, -0.25) is 14.4 Å². The summed E-state index contributed by atoms with van der Waals surface area (Å²) in [4.78, 5) is 34.1. The van der Waals surface area contributed by atoms with Gasteiger partial charge < -0.3 is 27.0 Å². The Morgan fingerprint density at radius 2 is 1.57 bits per heavy atom. The van der Waals surface area contributed by atoms with Crippen molar-refractivity contribution in [1.82, 2.24) is 5.32 Å². The van der Waals surface area contributed by atoms with Crippen LogP contribution in [0, 0.1) is 11.8 Å². The first kappa shape index (κ1) is 19.1. The molecule has 8 heteroatoms. The van der Waals surface area contributed by atoms with Gasteiger partial charge in [-0.25, -0.2) is 0 Å². The first-order valence-electron chi connectivity index (χ1n) is 6.43. The summed E-state index contributed by atoms with van der Waals surface area (Å²) in [5.41, 5.74) is 11.7. The molecule has 0 saturated carbocycles. The van der Waals surface area contributed by atoms with Crippen LogP contribution >= 0.6 is 0 Å². The number of hydrogen-bond acceptors (Lipinski definition) is 5. The molecule has 120 valence electrons. The Bertz CT molecular complexity index is 436. The van der Waals surface area contributed by atoms with E-state index >= 15 is 0 Å². The Hall–Kier alpha value is -1.93. The standard InChI is InChI=1S/C13H23N3O5/c1-5(2)11(17)16-10(6(3)12(18)19)9(15)8(7(4)14)13(20)21/h6-10H,1,14-15H2,2-4H3,(H,16,17)(H,18,19)(H,20,21). The van der Waals surface area contributed by atoms with E-state index in [4.69, 9.17) is 16.6 Å². The second-order valence-corrected chi connectivity index (χ2v) is 5.21. The fourth-order valence-electron chi connectivity index (χ4n) is 1.95. The topological polar surface area (TPSA) is 156 Å². The molecule has 7 N–H and O–H groups in total. The molecule has 5 atom stereocenters. The summed E-state index contributed by atoms with van der Waals surface area (Å²) in [5, 5.41) is 20.7. The molecule has 0 aliphatic rings. The van der Waals surface area contributed by atoms with Crippen LogP contribution in [0.1, 0.15) is 20.8 Å². The van der Waals surface area contributed by atoms with E-state index < -0.39 is 47.8 Å². The van der Waals surface area contributed by atoms with Crippen molar-refractivity contribution in [3.05, 3.63) is 12.2 Å². The Morgan fingerprint density at radius 1 is 1.10 bits per heavy atom. The summed E-state index contributed by atoms with van der Waals surface area (Å²) in [5.74, 6) is -5.31. The molecule has 8 nitrogen and oxygen atoms in total. The molecule has 0 heterocycles. The summed E-state index contributed by atoms with van der Waals surface area (Å²) in [6.45, 7) is 7.69. The quantitative estimate of drug-likeness (QED) is 0.365. The molecule has 0 saturated heterocycles. The maximum atomic E-state index is 11.7. The first-order valence-corrected chi connectivity index (χ1v) is 6.43. The number of carboxylic acids is 2. The molecule has 21 heavy (non-hydrogen) atoms. The highest BCUT2D eigenvalue weighted by atomic mass is 16.4. The lowest BCUT2D eigenvalue weighted by Crippen LogP contribution is -2.60. The van der Waals surface area contributed by atoms with Crippen LogP contribution in [0.15, 0.2) is 12.2 Å². The fraction of sp³-hybridized carbons (Fsp3) is 0.615. The maximum absolute atomic E-state index is 11.7. The summed E-state index contributed by atoms with van der Waals surface area (Å²) in [6.07, 6.45) is 0. The lowest BCUT2D eigenvalue weighted by Gasteiger charge is -2.33. The summed E-state index contributed by atoms with van der Waals surface area (Å²) >= 11 is 0. The van der Waals surface area contributed by atoms with Crippen LogP contribution < -0.4 is 16.8 Å². The van der Waals surface area contributed by atoms with Gasteiger partial charge in [-0.05, 0) is 20.8 Å². The minimum atomic E-state index is -1.25. The van der Waals surface area contributed by atoms with Gasteiger partial charge in [0.1, 0.15) is 0 Å². The number of carbonyl (C=O) groups is 3. The second kappa shape index (κ2) is 7.75. The molecule has 0 spiro atoms. The van der Waals surface area contributed by atoms with Gasteiger partial charge in [-0.2, -0.15) is 0 Å². The highest BCUT2D eigenvalue weighted by molar-refractivity contribution is 5.92. The van der Waals surface area contributed by atoms with Gasteiger partial charge in [0.15, 0.2) is 0 Å². The smallest absolute Gasteiger partial charge is 0.309 e. The van der Waals surface area contributed by atoms with Crippen molar-refractivity contribution in [3.8, 4) is 0 Å². The number of aliphatic carboxylic acids is 2. The predicted molar refractivity (Wildman–Crippen MR) is 76.3 cm³/mol. The average Bonchev–Trinajstić information content (AvgIpc) is 2.33. The third kappa shape index (κ3) is 5.16. The molecular weight excluding hydrogens is 278 g/mol. The van der Waals surface area contributed by atoms with Crippen LogP contribution in [-0.2, 0) is 14.4 Å². The van der Waals surface area contributed by atoms with Crippen LogP contribution in [0.2, 0.25) is 0 Å². The molecule has 0 rings (SSSR count). The van der Waals surface area contributed by atoms with Crippen molar-refractivity contribution in [2.45, 2.75) is 38.9 Å². The molecule has 0 radical (unpaired) electrons. The van der Waals surface area contributed by atoms with Crippen molar-refractivity contribution >= 4 is 17.8 Å². The SMILES string of the molecule is C=C(C)C(=O)NC(C(C)C(=O)O)C(N)C(C(=O)O)C(C)N. The number of nitrogens with one attached hydrogen (secondary N) is 1. The molecule has 0 fully saturated rings. The molecule has 1 amide bonds. The van der Waals surface area contributed by atoms with Gasteiger partial charge in [0.2, 0.25) is 5.91 Å². The number of hydrogen-bond donors (Lipinski definition) is 5. The van der Waals surface area contributed by atoms with Crippen molar-refractivity contribution in [1.29, 1.82) is 0 Å². The summed E-state index contributed by atoms with van der Waals surface area (Å²) in [7, 11) is 0. The maximum Gasteiger partial charge on any atom is 0.309 e. The summed E-state index contributed by atoms with van der Waals surface area (Å²) < 4.78 is 0. The Labute approximate surface area is 123 Å². The van der Waals surface area contributed by atoms with Crippen LogP contribution in [0.25, 0.3) is 0 Å². The Balaban J connectivity index is 5.46. The van der Waals surface area contributed by atoms with E-state index in [0.29, 0.717) is 0 Å². The monoisotopic (exact) mass is 301 g/mol. The molecule has 5 unspecified atom stereocenters. The molecule has 0 aromatic heterocycles. The highest BCUT2D eigenvalue weighted by Crippen LogP contribution is 2.17. The number of nitrogens with two attached hydrogens (primary N) is 2. The van der Waals surface area contributed by atoms with E-state index in [1.54, 1.807) is 0 Å². The lowest BCUT2D eigenvalue weighted by atomic mass is 9.83. The van der Waals surface area contributed by atoms with E-state index in [1.807, 2.05) is 0 Å². The third-order valence-corrected chi connectivity index (χ3v) is 3.29. The predicted octanol–water partition coefficient (Wildman–Crippen LogP) is -0.857. The summed E-state index contributed by atoms with van der Waals surface area (Å²) in [6, 6.07) is -3.04. The van der Waals surface area contributed by atoms with E-state index in [0.717, 1.165) is 0 Å². The van der Waals surface area contributed by atoms with Gasteiger partial charge in [0, 0.05) is 17.7 Å². The van der Waals surface area contributed by atoms with Crippen LogP contribution in [0.5, 0.6) is 0 Å². The van der Waals surface area contributed by atoms with Crippen molar-refractivity contribution in [3.63, 3.8) is 0 Å². The third-order valence-electron chi connectivity index (χ3n) is 3.29. The average molecular weight is 301 g/mol. The van der Waals surface area contributed by atoms with Crippen molar-refractivity contribution in [2.24, 2.45) is 23.3 Å². The second-order valence-electron chi connectivity index (χ2n) is 5.21. The van der Waals surface area contributed by atoms with E-state index in [-0.39, 0.29) is 5.57 Å². The molecule has 0 aliphatic carbocycles. The van der Waals surface area contributed by atoms with Gasteiger partial charge in [-0.1, -0.05) is 6.58 Å². The van der Waals surface area contributed by atoms with Crippen LogP contribution in [-0.4, -0.2) is 46.2 Å². The van der Waals surface area contributed by atoms with Crippen molar-refractivity contribution in [2.75, 3.05) is 0 Å². The van der Waals surface area contributed by atoms with E-state index in [2.05, 4.69) is 11.9 Å². The van der Waals surface area contributed by atoms with Crippen LogP contribution in [0.3, 0.4) is 0 Å². The van der Waals surface area contributed by atoms with E-state index in [1.165, 1.54) is 20.8 Å². The number of carboxylic acid groups (broad SMARTS) is 2. The minimum Gasteiger partial charge on any atom is -0.481 e. The zero-order valence-corrected chi connectivity index (χ0v) is 12.4. The number of carbonyl (C=O) groups excluding carboxylic acids is 1. The normalized spacial score (nSPS) is 18.0. The number of rotatable bonds is 8. The zero-order valence-electron chi connectivity index (χ0n) is 12.4. The Kier molecular flexibility index (Phi) is 7.04. The fourth-order valence-corrected chi connectivity index (χ4v) is 1.95. The Morgan fingerprint density at radius 3 is 1.86 bits per heavy atom.